The van der Waals surface area contributed by atoms with Gasteiger partial charge < -0.3 is 0 Å². The largest absolute Gasteiger partial charge is 0.0885 e. The molecule has 0 spiro atoms. The summed E-state index contributed by atoms with van der Waals surface area (Å²) in [6, 6.07) is 22.7. The van der Waals surface area contributed by atoms with E-state index >= 15 is 0 Å². The summed E-state index contributed by atoms with van der Waals surface area (Å²) in [5.41, 5.74) is 0. The molecule has 0 saturated carbocycles. The Kier molecular flexibility index (Phi) is 14.6. The standard InChI is InChI=1S/C32H46P2/c1-2-6-10-20-28-34(32-25-17-14-18-26-32)30-22-12-8-4-3-7-11-21-29-33(27-19-9-5-1)31-23-15-13-16-24-31/h1-4,13-18,23-26H,5-12,19-22,27-30H2/b2-1+,4-3+. The van der Waals surface area contributed by atoms with Crippen molar-refractivity contribution in [1.29, 1.82) is 0 Å². The number of benzene rings is 2. The summed E-state index contributed by atoms with van der Waals surface area (Å²) in [6.45, 7) is 0. The van der Waals surface area contributed by atoms with Gasteiger partial charge in [-0.25, -0.2) is 0 Å². The Balaban J connectivity index is 1.49. The maximum absolute atomic E-state index is 2.46. The Hall–Kier alpha value is -1.22. The van der Waals surface area contributed by atoms with E-state index < -0.39 is 0 Å². The molecule has 0 amide bonds. The van der Waals surface area contributed by atoms with E-state index in [1.807, 2.05) is 0 Å². The lowest BCUT2D eigenvalue weighted by Crippen LogP contribution is -2.06. The van der Waals surface area contributed by atoms with Gasteiger partial charge in [0.05, 0.1) is 0 Å². The number of rotatable bonds is 2. The predicted molar refractivity (Wildman–Crippen MR) is 159 cm³/mol. The lowest BCUT2D eigenvalue weighted by molar-refractivity contribution is 0.783. The molecule has 0 radical (unpaired) electrons. The van der Waals surface area contributed by atoms with Crippen molar-refractivity contribution < 1.29 is 0 Å². The second kappa shape index (κ2) is 18.1. The maximum atomic E-state index is 2.46. The van der Waals surface area contributed by atoms with Gasteiger partial charge in [-0.1, -0.05) is 101 Å². The molecule has 0 aromatic heterocycles. The summed E-state index contributed by atoms with van der Waals surface area (Å²) in [6.07, 6.45) is 31.5. The molecule has 0 unspecified atom stereocenters. The van der Waals surface area contributed by atoms with Gasteiger partial charge in [-0.15, -0.1) is 0 Å². The highest BCUT2D eigenvalue weighted by atomic mass is 31.1. The van der Waals surface area contributed by atoms with Gasteiger partial charge in [0.2, 0.25) is 0 Å². The minimum absolute atomic E-state index is 0.0190. The van der Waals surface area contributed by atoms with Crippen LogP contribution in [0.4, 0.5) is 0 Å². The SMILES string of the molecule is C1=C/CCCCP(c2ccccc2)CCCC/C=C/CCCCP(c2ccccc2)CCCC/1. The third-order valence-corrected chi connectivity index (χ3v) is 12.3. The fraction of sp³-hybridized carbons (Fsp3) is 0.500. The van der Waals surface area contributed by atoms with Crippen LogP contribution in [0.1, 0.15) is 77.0 Å². The van der Waals surface area contributed by atoms with Crippen LogP contribution in [0.2, 0.25) is 0 Å². The van der Waals surface area contributed by atoms with E-state index in [0.29, 0.717) is 0 Å². The second-order valence-corrected chi connectivity index (χ2v) is 14.6. The van der Waals surface area contributed by atoms with E-state index in [1.165, 1.54) is 102 Å². The molecule has 0 nitrogen and oxygen atoms in total. The lowest BCUT2D eigenvalue weighted by Gasteiger charge is -2.18. The van der Waals surface area contributed by atoms with Crippen LogP contribution in [0.15, 0.2) is 85.0 Å². The van der Waals surface area contributed by atoms with Crippen LogP contribution < -0.4 is 10.6 Å². The van der Waals surface area contributed by atoms with Crippen LogP contribution in [0.5, 0.6) is 0 Å². The quantitative estimate of drug-likeness (QED) is 0.289. The molecule has 2 aromatic rings. The molecule has 0 fully saturated rings. The van der Waals surface area contributed by atoms with Crippen LogP contribution in [0.25, 0.3) is 0 Å². The summed E-state index contributed by atoms with van der Waals surface area (Å²) in [5, 5.41) is 3.24. The van der Waals surface area contributed by atoms with Gasteiger partial charge in [0.25, 0.3) is 0 Å². The van der Waals surface area contributed by atoms with Gasteiger partial charge in [0.15, 0.2) is 0 Å². The average Bonchev–Trinajstić information content (AvgIpc) is 2.88. The smallest absolute Gasteiger partial charge is 0.0240 e. The highest BCUT2D eigenvalue weighted by molar-refractivity contribution is 7.65. The summed E-state index contributed by atoms with van der Waals surface area (Å²) >= 11 is 0. The molecule has 3 rings (SSSR count). The molecule has 0 aliphatic carbocycles. The molecule has 2 heteroatoms. The van der Waals surface area contributed by atoms with Crippen molar-refractivity contribution in [2.75, 3.05) is 24.6 Å². The fourth-order valence-electron chi connectivity index (χ4n) is 4.75. The van der Waals surface area contributed by atoms with Crippen LogP contribution in [0.3, 0.4) is 0 Å². The zero-order valence-electron chi connectivity index (χ0n) is 21.3. The van der Waals surface area contributed by atoms with Crippen molar-refractivity contribution in [1.82, 2.24) is 0 Å². The van der Waals surface area contributed by atoms with Crippen molar-refractivity contribution >= 4 is 26.5 Å². The molecule has 0 bridgehead atoms. The number of hydrogen-bond acceptors (Lipinski definition) is 0. The first-order valence-corrected chi connectivity index (χ1v) is 17.3. The third-order valence-electron chi connectivity index (χ3n) is 6.77. The third kappa shape index (κ3) is 11.5. The molecular formula is C32H46P2. The first-order chi connectivity index (χ1) is 16.9. The molecule has 0 atom stereocenters. The Morgan fingerprint density at radius 1 is 0.353 bits per heavy atom. The average molecular weight is 493 g/mol. The highest BCUT2D eigenvalue weighted by Crippen LogP contribution is 2.38. The Morgan fingerprint density at radius 2 is 0.647 bits per heavy atom. The molecule has 1 aliphatic heterocycles. The predicted octanol–water partition coefficient (Wildman–Crippen LogP) is 9.41. The van der Waals surface area contributed by atoms with E-state index in [0.717, 1.165) is 0 Å². The van der Waals surface area contributed by atoms with Crippen molar-refractivity contribution in [3.8, 4) is 0 Å². The van der Waals surface area contributed by atoms with Gasteiger partial charge >= 0.3 is 0 Å². The maximum Gasteiger partial charge on any atom is -0.0240 e. The monoisotopic (exact) mass is 492 g/mol. The summed E-state index contributed by atoms with van der Waals surface area (Å²) in [7, 11) is 0.0381. The zero-order chi connectivity index (χ0) is 23.5. The van der Waals surface area contributed by atoms with Gasteiger partial charge in [-0.3, -0.25) is 0 Å². The van der Waals surface area contributed by atoms with Crippen molar-refractivity contribution in [3.63, 3.8) is 0 Å². The van der Waals surface area contributed by atoms with E-state index in [1.54, 1.807) is 10.6 Å². The van der Waals surface area contributed by atoms with E-state index in [9.17, 15) is 0 Å². The first-order valence-electron chi connectivity index (χ1n) is 13.8. The summed E-state index contributed by atoms with van der Waals surface area (Å²) in [4.78, 5) is 0. The first kappa shape index (κ1) is 27.4. The van der Waals surface area contributed by atoms with Crippen molar-refractivity contribution in [3.05, 3.63) is 85.0 Å². The van der Waals surface area contributed by atoms with E-state index in [-0.39, 0.29) is 15.8 Å². The second-order valence-electron chi connectivity index (χ2n) is 9.57. The minimum Gasteiger partial charge on any atom is -0.0885 e. The van der Waals surface area contributed by atoms with E-state index in [2.05, 4.69) is 85.0 Å². The van der Waals surface area contributed by atoms with Crippen LogP contribution in [0, 0.1) is 0 Å². The Morgan fingerprint density at radius 3 is 0.941 bits per heavy atom. The van der Waals surface area contributed by atoms with Crippen molar-refractivity contribution in [2.24, 2.45) is 0 Å². The lowest BCUT2D eigenvalue weighted by atomic mass is 10.2. The van der Waals surface area contributed by atoms with Gasteiger partial charge in [0, 0.05) is 0 Å². The van der Waals surface area contributed by atoms with Gasteiger partial charge in [-0.2, -0.15) is 0 Å². The van der Waals surface area contributed by atoms with Gasteiger partial charge in [0.1, 0.15) is 0 Å². The molecule has 1 heterocycles. The van der Waals surface area contributed by atoms with Crippen molar-refractivity contribution in [2.45, 2.75) is 77.0 Å². The fourth-order valence-corrected chi connectivity index (χ4v) is 9.84. The Bertz CT molecular complexity index is 699. The summed E-state index contributed by atoms with van der Waals surface area (Å²) < 4.78 is 0. The molecule has 184 valence electrons. The highest BCUT2D eigenvalue weighted by Gasteiger charge is 2.11. The Labute approximate surface area is 212 Å². The van der Waals surface area contributed by atoms with Crippen LogP contribution in [-0.2, 0) is 0 Å². The number of hydrogen-bond donors (Lipinski definition) is 0. The minimum atomic E-state index is 0.0190. The van der Waals surface area contributed by atoms with E-state index in [4.69, 9.17) is 0 Å². The normalized spacial score (nSPS) is 24.8. The molecule has 0 saturated heterocycles. The summed E-state index contributed by atoms with van der Waals surface area (Å²) in [5.74, 6) is 0. The molecule has 1 aliphatic rings. The topological polar surface area (TPSA) is 0 Å². The molecule has 34 heavy (non-hydrogen) atoms. The van der Waals surface area contributed by atoms with Crippen LogP contribution >= 0.6 is 15.8 Å². The number of allylic oxidation sites excluding steroid dienone is 4. The zero-order valence-corrected chi connectivity index (χ0v) is 23.1. The molecule has 0 N–H and O–H groups in total. The van der Waals surface area contributed by atoms with Crippen LogP contribution in [-0.4, -0.2) is 24.6 Å². The molecule has 2 aromatic carbocycles. The molecular weight excluding hydrogens is 446 g/mol. The van der Waals surface area contributed by atoms with Gasteiger partial charge in [-0.05, 0) is 112 Å².